The van der Waals surface area contributed by atoms with Crippen LogP contribution in [0.15, 0.2) is 4.52 Å². The highest BCUT2D eigenvalue weighted by Gasteiger charge is 2.41. The van der Waals surface area contributed by atoms with E-state index in [1.165, 1.54) is 25.7 Å². The van der Waals surface area contributed by atoms with E-state index in [1.54, 1.807) is 0 Å². The summed E-state index contributed by atoms with van der Waals surface area (Å²) in [7, 11) is 1.90. The molecule has 1 fully saturated rings. The zero-order valence-corrected chi connectivity index (χ0v) is 11.1. The lowest BCUT2D eigenvalue weighted by molar-refractivity contribution is 0.243. The summed E-state index contributed by atoms with van der Waals surface area (Å²) in [5.41, 5.74) is 0.160. The first-order valence-corrected chi connectivity index (χ1v) is 6.64. The van der Waals surface area contributed by atoms with Crippen LogP contribution < -0.4 is 5.32 Å². The number of nitrogens with zero attached hydrogens (tertiary/aromatic N) is 2. The van der Waals surface area contributed by atoms with E-state index in [2.05, 4.69) is 29.3 Å². The molecule has 0 amide bonds. The monoisotopic (exact) mass is 237 g/mol. The molecule has 0 aromatic carbocycles. The SMILES string of the molecule is CNCc1noc(C2(CC(C)C)CCCC2)n1. The third kappa shape index (κ3) is 2.68. The third-order valence-corrected chi connectivity index (χ3v) is 3.62. The normalized spacial score (nSPS) is 19.1. The van der Waals surface area contributed by atoms with Gasteiger partial charge in [0.2, 0.25) is 5.89 Å². The number of hydrogen-bond donors (Lipinski definition) is 1. The van der Waals surface area contributed by atoms with Crippen LogP contribution in [0.25, 0.3) is 0 Å². The molecule has 0 radical (unpaired) electrons. The molecule has 0 unspecified atom stereocenters. The van der Waals surface area contributed by atoms with Gasteiger partial charge in [-0.15, -0.1) is 0 Å². The van der Waals surface area contributed by atoms with Crippen molar-refractivity contribution >= 4 is 0 Å². The van der Waals surface area contributed by atoms with E-state index in [-0.39, 0.29) is 5.41 Å². The summed E-state index contributed by atoms with van der Waals surface area (Å²) < 4.78 is 5.50. The van der Waals surface area contributed by atoms with E-state index in [4.69, 9.17) is 4.52 Å². The van der Waals surface area contributed by atoms with Gasteiger partial charge in [0.25, 0.3) is 0 Å². The topological polar surface area (TPSA) is 51.0 Å². The second kappa shape index (κ2) is 5.17. The minimum Gasteiger partial charge on any atom is -0.339 e. The lowest BCUT2D eigenvalue weighted by atomic mass is 9.78. The van der Waals surface area contributed by atoms with Crippen LogP contribution in [0.5, 0.6) is 0 Å². The average molecular weight is 237 g/mol. The Morgan fingerprint density at radius 3 is 2.65 bits per heavy atom. The molecule has 96 valence electrons. The molecule has 1 aliphatic carbocycles. The summed E-state index contributed by atoms with van der Waals surface area (Å²) in [6.45, 7) is 5.22. The first-order valence-electron chi connectivity index (χ1n) is 6.64. The van der Waals surface area contributed by atoms with Crippen molar-refractivity contribution in [2.75, 3.05) is 7.05 Å². The van der Waals surface area contributed by atoms with Crippen LogP contribution >= 0.6 is 0 Å². The van der Waals surface area contributed by atoms with Gasteiger partial charge in [0.1, 0.15) is 0 Å². The molecule has 1 aromatic heterocycles. The lowest BCUT2D eigenvalue weighted by Gasteiger charge is -2.26. The molecule has 1 saturated carbocycles. The molecule has 17 heavy (non-hydrogen) atoms. The third-order valence-electron chi connectivity index (χ3n) is 3.62. The van der Waals surface area contributed by atoms with Crippen molar-refractivity contribution in [2.45, 2.75) is 57.9 Å². The summed E-state index contributed by atoms with van der Waals surface area (Å²) >= 11 is 0. The second-order valence-corrected chi connectivity index (χ2v) is 5.63. The Morgan fingerprint density at radius 2 is 2.06 bits per heavy atom. The summed E-state index contributed by atoms with van der Waals surface area (Å²) in [6.07, 6.45) is 6.14. The van der Waals surface area contributed by atoms with E-state index in [0.717, 1.165) is 18.1 Å². The van der Waals surface area contributed by atoms with E-state index < -0.39 is 0 Å². The summed E-state index contributed by atoms with van der Waals surface area (Å²) in [4.78, 5) is 4.57. The van der Waals surface area contributed by atoms with Crippen LogP contribution in [0.2, 0.25) is 0 Å². The predicted octanol–water partition coefficient (Wildman–Crippen LogP) is 2.65. The molecule has 4 nitrogen and oxygen atoms in total. The first-order chi connectivity index (χ1) is 8.16. The Morgan fingerprint density at radius 1 is 1.35 bits per heavy atom. The van der Waals surface area contributed by atoms with Crippen molar-refractivity contribution in [3.63, 3.8) is 0 Å². The molecule has 0 aliphatic heterocycles. The minimum atomic E-state index is 0.160. The molecule has 0 bridgehead atoms. The second-order valence-electron chi connectivity index (χ2n) is 5.63. The van der Waals surface area contributed by atoms with Crippen LogP contribution in [-0.4, -0.2) is 17.2 Å². The Hall–Kier alpha value is -0.900. The van der Waals surface area contributed by atoms with E-state index in [9.17, 15) is 0 Å². The number of aromatic nitrogens is 2. The predicted molar refractivity (Wildman–Crippen MR) is 66.7 cm³/mol. The number of hydrogen-bond acceptors (Lipinski definition) is 4. The molecular formula is C13H23N3O. The van der Waals surface area contributed by atoms with E-state index in [1.807, 2.05) is 7.05 Å². The van der Waals surface area contributed by atoms with E-state index >= 15 is 0 Å². The summed E-state index contributed by atoms with van der Waals surface area (Å²) in [6, 6.07) is 0. The molecule has 2 rings (SSSR count). The van der Waals surface area contributed by atoms with Crippen LogP contribution in [-0.2, 0) is 12.0 Å². The van der Waals surface area contributed by atoms with Gasteiger partial charge in [-0.05, 0) is 32.2 Å². The van der Waals surface area contributed by atoms with Crippen molar-refractivity contribution in [3.05, 3.63) is 11.7 Å². The molecule has 0 spiro atoms. The van der Waals surface area contributed by atoms with Gasteiger partial charge in [0.05, 0.1) is 6.54 Å². The fourth-order valence-electron chi connectivity index (χ4n) is 3.04. The Balaban J connectivity index is 2.19. The van der Waals surface area contributed by atoms with Crippen LogP contribution in [0, 0.1) is 5.92 Å². The quantitative estimate of drug-likeness (QED) is 0.855. The van der Waals surface area contributed by atoms with Gasteiger partial charge in [-0.2, -0.15) is 4.98 Å². The molecule has 1 aromatic rings. The minimum absolute atomic E-state index is 0.160. The van der Waals surface area contributed by atoms with Crippen molar-refractivity contribution in [2.24, 2.45) is 5.92 Å². The van der Waals surface area contributed by atoms with Crippen molar-refractivity contribution in [1.82, 2.24) is 15.5 Å². The van der Waals surface area contributed by atoms with Crippen molar-refractivity contribution < 1.29 is 4.52 Å². The maximum absolute atomic E-state index is 5.50. The number of rotatable bonds is 5. The zero-order chi connectivity index (χ0) is 12.3. The largest absolute Gasteiger partial charge is 0.339 e. The van der Waals surface area contributed by atoms with Crippen LogP contribution in [0.4, 0.5) is 0 Å². The van der Waals surface area contributed by atoms with Crippen molar-refractivity contribution in [3.8, 4) is 0 Å². The van der Waals surface area contributed by atoms with Gasteiger partial charge in [0, 0.05) is 5.41 Å². The molecule has 0 saturated heterocycles. The van der Waals surface area contributed by atoms with Gasteiger partial charge >= 0.3 is 0 Å². The highest BCUT2D eigenvalue weighted by Crippen LogP contribution is 2.44. The standard InChI is InChI=1S/C13H23N3O/c1-10(2)8-13(6-4-5-7-13)12-15-11(9-14-3)16-17-12/h10,14H,4-9H2,1-3H3. The Kier molecular flexibility index (Phi) is 3.82. The van der Waals surface area contributed by atoms with Gasteiger partial charge in [-0.3, -0.25) is 0 Å². The fourth-order valence-corrected chi connectivity index (χ4v) is 3.04. The Bertz CT molecular complexity index is 353. The maximum atomic E-state index is 5.50. The molecule has 1 heterocycles. The maximum Gasteiger partial charge on any atom is 0.232 e. The summed E-state index contributed by atoms with van der Waals surface area (Å²) in [5, 5.41) is 7.11. The van der Waals surface area contributed by atoms with Gasteiger partial charge in [-0.25, -0.2) is 0 Å². The fraction of sp³-hybridized carbons (Fsp3) is 0.846. The smallest absolute Gasteiger partial charge is 0.232 e. The molecule has 1 aliphatic rings. The average Bonchev–Trinajstić information content (AvgIpc) is 2.87. The molecule has 0 atom stereocenters. The first kappa shape index (κ1) is 12.6. The van der Waals surface area contributed by atoms with Crippen molar-refractivity contribution in [1.29, 1.82) is 0 Å². The van der Waals surface area contributed by atoms with Gasteiger partial charge in [0.15, 0.2) is 5.82 Å². The van der Waals surface area contributed by atoms with Crippen LogP contribution in [0.3, 0.4) is 0 Å². The van der Waals surface area contributed by atoms with Gasteiger partial charge in [-0.1, -0.05) is 31.8 Å². The highest BCUT2D eigenvalue weighted by atomic mass is 16.5. The molecule has 4 heteroatoms. The zero-order valence-electron chi connectivity index (χ0n) is 11.1. The Labute approximate surface area is 103 Å². The summed E-state index contributed by atoms with van der Waals surface area (Å²) in [5.74, 6) is 2.32. The molecular weight excluding hydrogens is 214 g/mol. The van der Waals surface area contributed by atoms with Crippen LogP contribution in [0.1, 0.15) is 57.7 Å². The highest BCUT2D eigenvalue weighted by molar-refractivity contribution is 5.08. The lowest BCUT2D eigenvalue weighted by Crippen LogP contribution is -2.25. The van der Waals surface area contributed by atoms with E-state index in [0.29, 0.717) is 12.5 Å². The molecule has 1 N–H and O–H groups in total. The number of nitrogens with one attached hydrogen (secondary N) is 1. The van der Waals surface area contributed by atoms with Gasteiger partial charge < -0.3 is 9.84 Å².